The summed E-state index contributed by atoms with van der Waals surface area (Å²) in [6.45, 7) is 2.01. The van der Waals surface area contributed by atoms with Crippen LogP contribution in [-0.2, 0) is 11.2 Å². The Kier molecular flexibility index (Phi) is 4.84. The number of esters is 1. The van der Waals surface area contributed by atoms with Gasteiger partial charge in [-0.25, -0.2) is 4.79 Å². The Labute approximate surface area is 117 Å². The van der Waals surface area contributed by atoms with Gasteiger partial charge in [0.25, 0.3) is 5.82 Å². The number of benzene rings is 1. The van der Waals surface area contributed by atoms with Gasteiger partial charge in [0.15, 0.2) is 0 Å². The third-order valence-corrected chi connectivity index (χ3v) is 2.83. The van der Waals surface area contributed by atoms with Gasteiger partial charge >= 0.3 is 5.97 Å². The predicted molar refractivity (Wildman–Crippen MR) is 72.2 cm³/mol. The van der Waals surface area contributed by atoms with Crippen LogP contribution in [0, 0.1) is 0 Å². The minimum atomic E-state index is -0.572. The SMILES string of the molecule is CCOC(=O)c1noc(C(Cc2ccccc2)NC)n1. The highest BCUT2D eigenvalue weighted by atomic mass is 16.5. The van der Waals surface area contributed by atoms with Crippen LogP contribution in [0.1, 0.15) is 35.0 Å². The summed E-state index contributed by atoms with van der Waals surface area (Å²) in [5.41, 5.74) is 1.14. The molecular formula is C14H17N3O3. The van der Waals surface area contributed by atoms with Crippen LogP contribution in [0.5, 0.6) is 0 Å². The third-order valence-electron chi connectivity index (χ3n) is 2.83. The normalized spacial score (nSPS) is 12.1. The fraction of sp³-hybridized carbons (Fsp3) is 0.357. The van der Waals surface area contributed by atoms with Gasteiger partial charge in [-0.1, -0.05) is 30.3 Å². The van der Waals surface area contributed by atoms with E-state index in [2.05, 4.69) is 15.5 Å². The van der Waals surface area contributed by atoms with E-state index in [0.717, 1.165) is 5.56 Å². The highest BCUT2D eigenvalue weighted by Gasteiger charge is 2.21. The molecule has 6 nitrogen and oxygen atoms in total. The number of rotatable bonds is 6. The monoisotopic (exact) mass is 275 g/mol. The van der Waals surface area contributed by atoms with Crippen LogP contribution in [-0.4, -0.2) is 29.8 Å². The number of carbonyl (C=O) groups excluding carboxylic acids is 1. The third kappa shape index (κ3) is 3.42. The number of hydrogen-bond acceptors (Lipinski definition) is 6. The Bertz CT molecular complexity index is 554. The molecule has 0 aliphatic heterocycles. The van der Waals surface area contributed by atoms with E-state index in [0.29, 0.717) is 12.3 Å². The van der Waals surface area contributed by atoms with Gasteiger partial charge in [-0.15, -0.1) is 0 Å². The topological polar surface area (TPSA) is 77.2 Å². The average molecular weight is 275 g/mol. The number of aromatic nitrogens is 2. The number of nitrogens with one attached hydrogen (secondary N) is 1. The molecule has 0 radical (unpaired) electrons. The summed E-state index contributed by atoms with van der Waals surface area (Å²) in [5.74, 6) is -0.244. The highest BCUT2D eigenvalue weighted by molar-refractivity contribution is 5.84. The first-order valence-corrected chi connectivity index (χ1v) is 6.46. The van der Waals surface area contributed by atoms with Crippen LogP contribution in [0.25, 0.3) is 0 Å². The lowest BCUT2D eigenvalue weighted by molar-refractivity contribution is 0.0508. The lowest BCUT2D eigenvalue weighted by Crippen LogP contribution is -2.19. The van der Waals surface area contributed by atoms with Crippen LogP contribution in [0.2, 0.25) is 0 Å². The zero-order chi connectivity index (χ0) is 14.4. The summed E-state index contributed by atoms with van der Waals surface area (Å²) in [5, 5.41) is 6.75. The van der Waals surface area contributed by atoms with Gasteiger partial charge in [-0.05, 0) is 31.1 Å². The van der Waals surface area contributed by atoms with Crippen LogP contribution in [0.3, 0.4) is 0 Å². The molecule has 2 aromatic rings. The summed E-state index contributed by atoms with van der Waals surface area (Å²) < 4.78 is 9.96. The molecule has 2 rings (SSSR count). The first-order chi connectivity index (χ1) is 9.74. The molecule has 0 spiro atoms. The van der Waals surface area contributed by atoms with E-state index in [1.165, 1.54) is 0 Å². The van der Waals surface area contributed by atoms with Gasteiger partial charge in [0.05, 0.1) is 12.6 Å². The van der Waals surface area contributed by atoms with E-state index in [9.17, 15) is 4.79 Å². The van der Waals surface area contributed by atoms with Gasteiger partial charge < -0.3 is 14.6 Å². The molecule has 0 amide bonds. The number of hydrogen-bond donors (Lipinski definition) is 1. The average Bonchev–Trinajstić information content (AvgIpc) is 2.96. The first-order valence-electron chi connectivity index (χ1n) is 6.46. The summed E-state index contributed by atoms with van der Waals surface area (Å²) in [7, 11) is 1.81. The smallest absolute Gasteiger partial charge is 0.379 e. The number of ether oxygens (including phenoxy) is 1. The van der Waals surface area contributed by atoms with E-state index < -0.39 is 5.97 Å². The lowest BCUT2D eigenvalue weighted by Gasteiger charge is -2.11. The van der Waals surface area contributed by atoms with Crippen molar-refractivity contribution in [3.63, 3.8) is 0 Å². The van der Waals surface area contributed by atoms with Crippen LogP contribution < -0.4 is 5.32 Å². The number of nitrogens with zero attached hydrogens (tertiary/aromatic N) is 2. The molecule has 0 saturated carbocycles. The zero-order valence-corrected chi connectivity index (χ0v) is 11.5. The van der Waals surface area contributed by atoms with Crippen LogP contribution in [0.15, 0.2) is 34.9 Å². The van der Waals surface area contributed by atoms with Crippen molar-refractivity contribution in [1.82, 2.24) is 15.5 Å². The van der Waals surface area contributed by atoms with Crippen LogP contribution in [0.4, 0.5) is 0 Å². The molecule has 0 aliphatic rings. The highest BCUT2D eigenvalue weighted by Crippen LogP contribution is 2.16. The van der Waals surface area contributed by atoms with Crippen molar-refractivity contribution in [3.05, 3.63) is 47.6 Å². The van der Waals surface area contributed by atoms with Gasteiger partial charge in [-0.3, -0.25) is 0 Å². The van der Waals surface area contributed by atoms with E-state index >= 15 is 0 Å². The van der Waals surface area contributed by atoms with E-state index in [4.69, 9.17) is 9.26 Å². The molecule has 1 unspecified atom stereocenters. The quantitative estimate of drug-likeness (QED) is 0.809. The van der Waals surface area contributed by atoms with Crippen LogP contribution >= 0.6 is 0 Å². The fourth-order valence-corrected chi connectivity index (χ4v) is 1.82. The summed E-state index contributed by atoms with van der Waals surface area (Å²) >= 11 is 0. The van der Waals surface area contributed by atoms with Gasteiger partial charge in [0, 0.05) is 0 Å². The zero-order valence-electron chi connectivity index (χ0n) is 11.5. The number of likely N-dealkylation sites (N-methyl/N-ethyl adjacent to an activating group) is 1. The van der Waals surface area contributed by atoms with Gasteiger partial charge in [-0.2, -0.15) is 4.98 Å². The Morgan fingerprint density at radius 3 is 2.80 bits per heavy atom. The molecule has 0 aliphatic carbocycles. The number of carbonyl (C=O) groups is 1. The maximum Gasteiger partial charge on any atom is 0.379 e. The van der Waals surface area contributed by atoms with Crippen molar-refractivity contribution >= 4 is 5.97 Å². The molecule has 20 heavy (non-hydrogen) atoms. The molecule has 0 bridgehead atoms. The molecule has 6 heteroatoms. The second-order valence-corrected chi connectivity index (χ2v) is 4.21. The predicted octanol–water partition coefficient (Wildman–Crippen LogP) is 1.75. The van der Waals surface area contributed by atoms with Gasteiger partial charge in [0.1, 0.15) is 0 Å². The molecule has 106 valence electrons. The van der Waals surface area contributed by atoms with Gasteiger partial charge in [0.2, 0.25) is 5.89 Å². The fourth-order valence-electron chi connectivity index (χ4n) is 1.82. The Balaban J connectivity index is 2.10. The Morgan fingerprint density at radius 1 is 1.40 bits per heavy atom. The molecule has 0 saturated heterocycles. The minimum Gasteiger partial charge on any atom is -0.460 e. The van der Waals surface area contributed by atoms with Crippen molar-refractivity contribution < 1.29 is 14.1 Å². The van der Waals surface area contributed by atoms with E-state index in [-0.39, 0.29) is 18.5 Å². The summed E-state index contributed by atoms with van der Waals surface area (Å²) in [6.07, 6.45) is 0.696. The second-order valence-electron chi connectivity index (χ2n) is 4.21. The molecular weight excluding hydrogens is 258 g/mol. The second kappa shape index (κ2) is 6.81. The molecule has 1 heterocycles. The maximum absolute atomic E-state index is 11.5. The standard InChI is InChI=1S/C14H17N3O3/c1-3-19-14(18)12-16-13(20-17-12)11(15-2)9-10-7-5-4-6-8-10/h4-8,11,15H,3,9H2,1-2H3. The van der Waals surface area contributed by atoms with E-state index in [1.807, 2.05) is 37.4 Å². The maximum atomic E-state index is 11.5. The van der Waals surface area contributed by atoms with Crippen molar-refractivity contribution in [2.24, 2.45) is 0 Å². The Morgan fingerprint density at radius 2 is 2.15 bits per heavy atom. The Hall–Kier alpha value is -2.21. The molecule has 1 aromatic heterocycles. The molecule has 1 N–H and O–H groups in total. The van der Waals surface area contributed by atoms with E-state index in [1.54, 1.807) is 6.92 Å². The van der Waals surface area contributed by atoms with Crippen molar-refractivity contribution in [1.29, 1.82) is 0 Å². The largest absolute Gasteiger partial charge is 0.460 e. The summed E-state index contributed by atoms with van der Waals surface area (Å²) in [4.78, 5) is 15.6. The first kappa shape index (κ1) is 14.2. The summed E-state index contributed by atoms with van der Waals surface area (Å²) in [6, 6.07) is 9.80. The molecule has 1 atom stereocenters. The lowest BCUT2D eigenvalue weighted by atomic mass is 10.1. The molecule has 0 fully saturated rings. The van der Waals surface area contributed by atoms with Crippen molar-refractivity contribution in [3.8, 4) is 0 Å². The molecule has 1 aromatic carbocycles. The van der Waals surface area contributed by atoms with Crippen molar-refractivity contribution in [2.75, 3.05) is 13.7 Å². The minimum absolute atomic E-state index is 0.0461. The van der Waals surface area contributed by atoms with Crippen molar-refractivity contribution in [2.45, 2.75) is 19.4 Å².